The molecule has 0 unspecified atom stereocenters. The molecule has 0 atom stereocenters. The number of hydrogen-bond acceptors (Lipinski definition) is 0. The van der Waals surface area contributed by atoms with Crippen LogP contribution in [0.3, 0.4) is 0 Å². The van der Waals surface area contributed by atoms with E-state index < -0.39 is 0 Å². The smallest absolute Gasteiger partial charge is 0.0165 e. The summed E-state index contributed by atoms with van der Waals surface area (Å²) in [6.45, 7) is 4.77. The van der Waals surface area contributed by atoms with E-state index in [0.29, 0.717) is 0 Å². The fourth-order valence-electron chi connectivity index (χ4n) is 7.21. The minimum Gasteiger partial charge on any atom is -0.0619 e. The number of rotatable bonds is 2. The summed E-state index contributed by atoms with van der Waals surface area (Å²) in [6, 6.07) is 49.3. The van der Waals surface area contributed by atoms with Crippen LogP contribution in [0.25, 0.3) is 65.7 Å². The maximum absolute atomic E-state index is 2.38. The molecule has 0 radical (unpaired) electrons. The normalized spacial score (nSPS) is 13.6. The van der Waals surface area contributed by atoms with Gasteiger partial charge in [0.25, 0.3) is 0 Å². The second-order valence-corrected chi connectivity index (χ2v) is 11.3. The maximum Gasteiger partial charge on any atom is 0.0165 e. The first-order valence-corrected chi connectivity index (χ1v) is 13.8. The van der Waals surface area contributed by atoms with Crippen molar-refractivity contribution in [2.75, 3.05) is 0 Å². The molecule has 0 heterocycles. The fraction of sp³-hybridized carbons (Fsp3) is 0.0769. The topological polar surface area (TPSA) is 0 Å². The highest BCUT2D eigenvalue weighted by Gasteiger charge is 2.37. The first kappa shape index (κ1) is 22.3. The quantitative estimate of drug-likeness (QED) is 0.209. The van der Waals surface area contributed by atoms with E-state index in [4.69, 9.17) is 0 Å². The lowest BCUT2D eigenvalue weighted by molar-refractivity contribution is 0.662. The second kappa shape index (κ2) is 8.16. The van der Waals surface area contributed by atoms with Crippen LogP contribution in [0.2, 0.25) is 0 Å². The molecule has 7 aromatic rings. The van der Waals surface area contributed by atoms with Crippen LogP contribution in [0, 0.1) is 0 Å². The van der Waals surface area contributed by atoms with Crippen molar-refractivity contribution in [1.29, 1.82) is 0 Å². The molecule has 0 aliphatic heterocycles. The van der Waals surface area contributed by atoms with E-state index in [-0.39, 0.29) is 5.41 Å². The average Bonchev–Trinajstić information content (AvgIpc) is 3.22. The zero-order valence-corrected chi connectivity index (χ0v) is 22.2. The van der Waals surface area contributed by atoms with Crippen LogP contribution >= 0.6 is 0 Å². The molecular weight excluding hydrogens is 468 g/mol. The van der Waals surface area contributed by atoms with Gasteiger partial charge in [-0.05, 0) is 76.8 Å². The van der Waals surface area contributed by atoms with Crippen LogP contribution in [-0.4, -0.2) is 0 Å². The fourth-order valence-corrected chi connectivity index (χ4v) is 7.21. The van der Waals surface area contributed by atoms with Crippen LogP contribution in [-0.2, 0) is 5.41 Å². The van der Waals surface area contributed by atoms with Crippen LogP contribution in [0.1, 0.15) is 25.0 Å². The van der Waals surface area contributed by atoms with E-state index in [1.807, 2.05) is 0 Å². The first-order valence-electron chi connectivity index (χ1n) is 13.8. The van der Waals surface area contributed by atoms with Gasteiger partial charge in [0.2, 0.25) is 0 Å². The lowest BCUT2D eigenvalue weighted by Gasteiger charge is -2.26. The lowest BCUT2D eigenvalue weighted by atomic mass is 9.76. The zero-order valence-electron chi connectivity index (χ0n) is 22.2. The van der Waals surface area contributed by atoms with Gasteiger partial charge in [-0.3, -0.25) is 0 Å². The Balaban J connectivity index is 1.54. The Morgan fingerprint density at radius 1 is 0.359 bits per heavy atom. The Morgan fingerprint density at radius 2 is 0.795 bits per heavy atom. The SMILES string of the molecule is CC1(C)c2ccccc2-c2cccc(-c3c4ccccc4c(-c4cccc5ccccc45)c4ccccc34)c21. The largest absolute Gasteiger partial charge is 0.0619 e. The third kappa shape index (κ3) is 3.06. The Morgan fingerprint density at radius 3 is 1.49 bits per heavy atom. The van der Waals surface area contributed by atoms with Crippen molar-refractivity contribution in [2.45, 2.75) is 19.3 Å². The summed E-state index contributed by atoms with van der Waals surface area (Å²) in [5.74, 6) is 0. The number of fused-ring (bicyclic) bond motifs is 6. The summed E-state index contributed by atoms with van der Waals surface area (Å²) in [5, 5.41) is 7.77. The van der Waals surface area contributed by atoms with Crippen molar-refractivity contribution in [2.24, 2.45) is 0 Å². The molecule has 39 heavy (non-hydrogen) atoms. The molecule has 0 bridgehead atoms. The Bertz CT molecular complexity index is 2030. The van der Waals surface area contributed by atoms with Crippen molar-refractivity contribution < 1.29 is 0 Å². The van der Waals surface area contributed by atoms with E-state index in [2.05, 4.69) is 147 Å². The summed E-state index contributed by atoms with van der Waals surface area (Å²) in [4.78, 5) is 0. The zero-order chi connectivity index (χ0) is 26.1. The van der Waals surface area contributed by atoms with Gasteiger partial charge in [-0.1, -0.05) is 147 Å². The van der Waals surface area contributed by atoms with Gasteiger partial charge in [-0.2, -0.15) is 0 Å². The minimum absolute atomic E-state index is 0.0843. The van der Waals surface area contributed by atoms with Gasteiger partial charge in [0.05, 0.1) is 0 Å². The van der Waals surface area contributed by atoms with Crippen molar-refractivity contribution >= 4 is 32.3 Å². The standard InChI is InChI=1S/C39H28/c1-39(2)35-24-10-9-16-27(35)33-22-12-23-34(38(33)39)37-31-19-7-5-17-29(31)36(30-18-6-8-20-32(30)37)28-21-11-14-25-13-3-4-15-26(25)28/h3-24H,1-2H3. The predicted molar refractivity (Wildman–Crippen MR) is 167 cm³/mol. The van der Waals surface area contributed by atoms with E-state index in [1.165, 1.54) is 76.8 Å². The summed E-state index contributed by atoms with van der Waals surface area (Å²) >= 11 is 0. The number of benzene rings is 7. The molecule has 1 aliphatic carbocycles. The average molecular weight is 497 g/mol. The molecule has 8 rings (SSSR count). The van der Waals surface area contributed by atoms with Crippen molar-refractivity contribution in [3.8, 4) is 33.4 Å². The minimum atomic E-state index is -0.0843. The summed E-state index contributed by atoms with van der Waals surface area (Å²) in [5.41, 5.74) is 10.8. The first-order chi connectivity index (χ1) is 19.1. The van der Waals surface area contributed by atoms with Crippen molar-refractivity contribution in [3.63, 3.8) is 0 Å². The molecular formula is C39H28. The van der Waals surface area contributed by atoms with Crippen LogP contribution in [0.4, 0.5) is 0 Å². The van der Waals surface area contributed by atoms with Gasteiger partial charge >= 0.3 is 0 Å². The van der Waals surface area contributed by atoms with E-state index in [1.54, 1.807) is 0 Å². The second-order valence-electron chi connectivity index (χ2n) is 11.3. The molecule has 0 heteroatoms. The Kier molecular flexibility index (Phi) is 4.67. The van der Waals surface area contributed by atoms with Crippen LogP contribution < -0.4 is 0 Å². The molecule has 0 amide bonds. The molecule has 7 aromatic carbocycles. The molecule has 0 fully saturated rings. The maximum atomic E-state index is 2.38. The third-order valence-electron chi connectivity index (χ3n) is 8.84. The summed E-state index contributed by atoms with van der Waals surface area (Å²) in [6.07, 6.45) is 0. The molecule has 0 N–H and O–H groups in total. The highest BCUT2D eigenvalue weighted by molar-refractivity contribution is 6.24. The predicted octanol–water partition coefficient (Wildman–Crippen LogP) is 10.8. The van der Waals surface area contributed by atoms with Crippen molar-refractivity contribution in [1.82, 2.24) is 0 Å². The Hall–Kier alpha value is -4.68. The van der Waals surface area contributed by atoms with Gasteiger partial charge in [-0.15, -0.1) is 0 Å². The van der Waals surface area contributed by atoms with E-state index >= 15 is 0 Å². The number of hydrogen-bond donors (Lipinski definition) is 0. The molecule has 0 nitrogen and oxygen atoms in total. The molecule has 0 spiro atoms. The van der Waals surface area contributed by atoms with Crippen molar-refractivity contribution in [3.05, 3.63) is 145 Å². The van der Waals surface area contributed by atoms with Crippen LogP contribution in [0.15, 0.2) is 133 Å². The van der Waals surface area contributed by atoms with Gasteiger partial charge in [0, 0.05) is 5.41 Å². The van der Waals surface area contributed by atoms with Gasteiger partial charge in [-0.25, -0.2) is 0 Å². The summed E-state index contributed by atoms with van der Waals surface area (Å²) < 4.78 is 0. The van der Waals surface area contributed by atoms with E-state index in [0.717, 1.165) is 0 Å². The molecule has 0 aromatic heterocycles. The molecule has 0 saturated heterocycles. The third-order valence-corrected chi connectivity index (χ3v) is 8.84. The van der Waals surface area contributed by atoms with Gasteiger partial charge in [0.15, 0.2) is 0 Å². The van der Waals surface area contributed by atoms with Crippen LogP contribution in [0.5, 0.6) is 0 Å². The lowest BCUT2D eigenvalue weighted by Crippen LogP contribution is -2.16. The summed E-state index contributed by atoms with van der Waals surface area (Å²) in [7, 11) is 0. The van der Waals surface area contributed by atoms with Gasteiger partial charge < -0.3 is 0 Å². The monoisotopic (exact) mass is 496 g/mol. The highest BCUT2D eigenvalue weighted by Crippen LogP contribution is 2.54. The highest BCUT2D eigenvalue weighted by atomic mass is 14.4. The molecule has 0 saturated carbocycles. The molecule has 1 aliphatic rings. The molecule has 184 valence electrons. The Labute approximate surface area is 229 Å². The van der Waals surface area contributed by atoms with Gasteiger partial charge in [0.1, 0.15) is 0 Å². The van der Waals surface area contributed by atoms with E-state index in [9.17, 15) is 0 Å².